The number of para-hydroxylation sites is 2. The van der Waals surface area contributed by atoms with Crippen LogP contribution in [0.15, 0.2) is 158 Å². The molecule has 2 aromatic heterocycles. The molecule has 8 rings (SSSR count). The van der Waals surface area contributed by atoms with Gasteiger partial charge in [-0.25, -0.2) is 0 Å². The highest BCUT2D eigenvalue weighted by Crippen LogP contribution is 2.30. The highest BCUT2D eigenvalue weighted by molar-refractivity contribution is 5.37. The van der Waals surface area contributed by atoms with E-state index in [2.05, 4.69) is 49.0 Å². The Morgan fingerprint density at radius 1 is 0.288 bits per heavy atom. The zero-order valence-corrected chi connectivity index (χ0v) is 36.9. The zero-order chi connectivity index (χ0) is 45.8. The van der Waals surface area contributed by atoms with Crippen molar-refractivity contribution in [3.8, 4) is 87.8 Å². The Morgan fingerprint density at radius 3 is 0.818 bits per heavy atom. The smallest absolute Gasteiger partial charge is 0.331 e. The summed E-state index contributed by atoms with van der Waals surface area (Å²) in [7, 11) is 4.77. The number of rotatable bonds is 20. The molecule has 0 N–H and O–H groups in total. The van der Waals surface area contributed by atoms with E-state index in [1.807, 2.05) is 72.8 Å². The Hall–Kier alpha value is -8.46. The van der Waals surface area contributed by atoms with Crippen LogP contribution in [0.3, 0.4) is 0 Å². The molecule has 0 saturated heterocycles. The predicted molar refractivity (Wildman–Crippen MR) is 246 cm³/mol. The molecule has 0 fully saturated rings. The van der Waals surface area contributed by atoms with Gasteiger partial charge in [0.05, 0.1) is 21.3 Å². The van der Waals surface area contributed by atoms with Crippen LogP contribution in [0.25, 0.3) is 0 Å². The molecule has 0 radical (unpaired) electrons. The van der Waals surface area contributed by atoms with E-state index >= 15 is 0 Å². The molecule has 0 spiro atoms. The SMILES string of the molecule is CCCCCCc1ccc(Oc2nc(Oc3ccccc3)nc(Oc3ccccc3)n2)cc1.COc1ccc(Oc2nc(Oc3ccc(OC)cc3)nc(Oc3ccc(OC)cc3)n2)cc1. The van der Waals surface area contributed by atoms with Crippen LogP contribution in [0.5, 0.6) is 87.8 Å². The Balaban J connectivity index is 0.000000196. The normalized spacial score (nSPS) is 10.4. The van der Waals surface area contributed by atoms with Crippen LogP contribution < -0.4 is 42.6 Å². The van der Waals surface area contributed by atoms with Crippen molar-refractivity contribution in [2.24, 2.45) is 0 Å². The number of hydrogen-bond donors (Lipinski definition) is 0. The quantitative estimate of drug-likeness (QED) is 0.0664. The molecular weight excluding hydrogens is 841 g/mol. The topological polar surface area (TPSA) is 160 Å². The van der Waals surface area contributed by atoms with Gasteiger partial charge in [0, 0.05) is 0 Å². The van der Waals surface area contributed by atoms with Crippen molar-refractivity contribution in [2.75, 3.05) is 21.3 Å². The summed E-state index contributed by atoms with van der Waals surface area (Å²) in [6, 6.07) is 47.9. The van der Waals surface area contributed by atoms with E-state index in [4.69, 9.17) is 42.6 Å². The van der Waals surface area contributed by atoms with Gasteiger partial charge < -0.3 is 42.6 Å². The minimum atomic E-state index is 0.00203. The Labute approximate surface area is 382 Å². The summed E-state index contributed by atoms with van der Waals surface area (Å²) in [5.74, 6) is 5.46. The van der Waals surface area contributed by atoms with E-state index in [1.54, 1.807) is 94.1 Å². The molecule has 6 aromatic carbocycles. The van der Waals surface area contributed by atoms with Crippen molar-refractivity contribution in [3.63, 3.8) is 0 Å². The first-order chi connectivity index (χ1) is 32.4. The summed E-state index contributed by atoms with van der Waals surface area (Å²) >= 11 is 0. The van der Waals surface area contributed by atoms with Crippen LogP contribution in [0.4, 0.5) is 0 Å². The van der Waals surface area contributed by atoms with Gasteiger partial charge in [-0.1, -0.05) is 74.7 Å². The van der Waals surface area contributed by atoms with Crippen molar-refractivity contribution in [2.45, 2.75) is 39.0 Å². The van der Waals surface area contributed by atoms with Crippen LogP contribution in [-0.4, -0.2) is 51.2 Å². The fourth-order valence-electron chi connectivity index (χ4n) is 5.94. The van der Waals surface area contributed by atoms with Crippen LogP contribution >= 0.6 is 0 Å². The molecule has 0 saturated carbocycles. The van der Waals surface area contributed by atoms with Gasteiger partial charge in [0.15, 0.2) is 0 Å². The zero-order valence-electron chi connectivity index (χ0n) is 36.9. The predicted octanol–water partition coefficient (Wildman–Crippen LogP) is 12.6. The van der Waals surface area contributed by atoms with E-state index in [-0.39, 0.29) is 36.1 Å². The first kappa shape index (κ1) is 45.6. The molecule has 0 aliphatic carbocycles. The molecule has 2 heterocycles. The summed E-state index contributed by atoms with van der Waals surface area (Å²) < 4.78 is 50.4. The fourth-order valence-corrected chi connectivity index (χ4v) is 5.94. The van der Waals surface area contributed by atoms with Crippen molar-refractivity contribution in [1.29, 1.82) is 0 Å². The van der Waals surface area contributed by atoms with Crippen molar-refractivity contribution < 1.29 is 42.6 Å². The third kappa shape index (κ3) is 14.3. The van der Waals surface area contributed by atoms with Gasteiger partial charge in [0.2, 0.25) is 0 Å². The number of nitrogens with zero attached hydrogens (tertiary/aromatic N) is 6. The first-order valence-corrected chi connectivity index (χ1v) is 21.1. The van der Waals surface area contributed by atoms with Gasteiger partial charge in [-0.15, -0.1) is 29.9 Å². The lowest BCUT2D eigenvalue weighted by Gasteiger charge is -2.10. The maximum absolute atomic E-state index is 5.91. The Bertz CT molecular complexity index is 2460. The summed E-state index contributed by atoms with van der Waals surface area (Å²) in [6.07, 6.45) is 6.04. The highest BCUT2D eigenvalue weighted by Gasteiger charge is 2.15. The summed E-state index contributed by atoms with van der Waals surface area (Å²) in [6.45, 7) is 2.22. The Morgan fingerprint density at radius 2 is 0.545 bits per heavy atom. The molecule has 8 aromatic rings. The molecule has 66 heavy (non-hydrogen) atoms. The second kappa shape index (κ2) is 23.8. The summed E-state index contributed by atoms with van der Waals surface area (Å²) in [5.41, 5.74) is 1.29. The molecular formula is C51H48N6O9. The average molecular weight is 889 g/mol. The van der Waals surface area contributed by atoms with E-state index < -0.39 is 0 Å². The van der Waals surface area contributed by atoms with Crippen molar-refractivity contribution >= 4 is 0 Å². The van der Waals surface area contributed by atoms with E-state index in [9.17, 15) is 0 Å². The molecule has 15 nitrogen and oxygen atoms in total. The lowest BCUT2D eigenvalue weighted by Crippen LogP contribution is -2.01. The number of methoxy groups -OCH3 is 3. The number of benzene rings is 6. The molecule has 0 aliphatic rings. The van der Waals surface area contributed by atoms with E-state index in [0.29, 0.717) is 51.7 Å². The summed E-state index contributed by atoms with van der Waals surface area (Å²) in [5, 5.41) is 0. The molecule has 0 unspecified atom stereocenters. The number of hydrogen-bond acceptors (Lipinski definition) is 15. The van der Waals surface area contributed by atoms with Crippen molar-refractivity contribution in [1.82, 2.24) is 29.9 Å². The van der Waals surface area contributed by atoms with Gasteiger partial charge in [-0.2, -0.15) is 0 Å². The maximum atomic E-state index is 5.91. The van der Waals surface area contributed by atoms with Gasteiger partial charge in [0.25, 0.3) is 0 Å². The molecule has 336 valence electrons. The fraction of sp³-hybridized carbons (Fsp3) is 0.176. The second-order valence-corrected chi connectivity index (χ2v) is 14.1. The number of ether oxygens (including phenoxy) is 9. The molecule has 0 aliphatic heterocycles. The standard InChI is InChI=1S/C27H27N3O3.C24H21N3O6/c1-2-3-4-7-12-21-17-19-24(20-18-21)33-27-29-25(31-22-13-8-5-9-14-22)28-26(30-27)32-23-15-10-6-11-16-23;1-28-16-4-10-19(11-5-16)31-22-25-23(32-20-12-6-17(29-2)7-13-20)27-24(26-22)33-21-14-8-18(30-3)9-15-21/h5-6,8-11,13-20H,2-4,7,12H2,1H3;4-15H,1-3H3. The van der Waals surface area contributed by atoms with Gasteiger partial charge in [0.1, 0.15) is 51.7 Å². The van der Waals surface area contributed by atoms with E-state index in [1.165, 1.54) is 31.2 Å². The van der Waals surface area contributed by atoms with Crippen LogP contribution in [0, 0.1) is 0 Å². The molecule has 15 heteroatoms. The minimum Gasteiger partial charge on any atom is -0.497 e. The number of unbranched alkanes of at least 4 members (excludes halogenated alkanes) is 3. The highest BCUT2D eigenvalue weighted by atomic mass is 16.5. The lowest BCUT2D eigenvalue weighted by molar-refractivity contribution is 0.360. The first-order valence-electron chi connectivity index (χ1n) is 21.1. The third-order valence-corrected chi connectivity index (χ3v) is 9.31. The number of aromatic nitrogens is 6. The summed E-state index contributed by atoms with van der Waals surface area (Å²) in [4.78, 5) is 25.7. The lowest BCUT2D eigenvalue weighted by atomic mass is 10.1. The van der Waals surface area contributed by atoms with Crippen LogP contribution in [0.1, 0.15) is 38.2 Å². The Kier molecular flexibility index (Phi) is 16.5. The van der Waals surface area contributed by atoms with Gasteiger partial charge in [-0.05, 0) is 128 Å². The number of aryl methyl sites for hydroxylation is 1. The van der Waals surface area contributed by atoms with Crippen LogP contribution in [0.2, 0.25) is 0 Å². The third-order valence-electron chi connectivity index (χ3n) is 9.31. The van der Waals surface area contributed by atoms with Gasteiger partial charge in [-0.3, -0.25) is 0 Å². The average Bonchev–Trinajstić information content (AvgIpc) is 3.35. The molecule has 0 bridgehead atoms. The molecule has 0 amide bonds. The monoisotopic (exact) mass is 888 g/mol. The van der Waals surface area contributed by atoms with Gasteiger partial charge >= 0.3 is 36.1 Å². The van der Waals surface area contributed by atoms with E-state index in [0.717, 1.165) is 6.42 Å². The second-order valence-electron chi connectivity index (χ2n) is 14.1. The molecule has 0 atom stereocenters. The van der Waals surface area contributed by atoms with Crippen molar-refractivity contribution in [3.05, 3.63) is 163 Å². The largest absolute Gasteiger partial charge is 0.497 e. The maximum Gasteiger partial charge on any atom is 0.331 e. The minimum absolute atomic E-state index is 0.00203. The van der Waals surface area contributed by atoms with Crippen LogP contribution in [-0.2, 0) is 6.42 Å².